The number of hydrogen-bond donors (Lipinski definition) is 1. The van der Waals surface area contributed by atoms with Crippen molar-refractivity contribution in [1.82, 2.24) is 5.32 Å². The van der Waals surface area contributed by atoms with Gasteiger partial charge in [-0.05, 0) is 37.1 Å². The van der Waals surface area contributed by atoms with Gasteiger partial charge in [0.05, 0.1) is 12.6 Å². The molecule has 1 saturated heterocycles. The molecule has 0 saturated carbocycles. The maximum Gasteiger partial charge on any atom is 0.253 e. The number of morpholine rings is 1. The van der Waals surface area contributed by atoms with Gasteiger partial charge in [0.15, 0.2) is 0 Å². The molecule has 1 aromatic rings. The predicted molar refractivity (Wildman–Crippen MR) is 85.6 cm³/mol. The van der Waals surface area contributed by atoms with Crippen molar-refractivity contribution >= 4 is 17.5 Å². The van der Waals surface area contributed by atoms with Crippen LogP contribution >= 0.6 is 0 Å². The summed E-state index contributed by atoms with van der Waals surface area (Å²) in [6, 6.07) is 5.78. The van der Waals surface area contributed by atoms with Crippen LogP contribution in [0.15, 0.2) is 24.3 Å². The van der Waals surface area contributed by atoms with Gasteiger partial charge in [-0.15, -0.1) is 0 Å². The van der Waals surface area contributed by atoms with Gasteiger partial charge in [-0.3, -0.25) is 9.59 Å². The molecular formula is C17H23FN2O3. The summed E-state index contributed by atoms with van der Waals surface area (Å²) >= 11 is 0. The Hall–Kier alpha value is -1.95. The molecule has 5 nitrogen and oxygen atoms in total. The summed E-state index contributed by atoms with van der Waals surface area (Å²) in [5.41, 5.74) is 0.635. The first-order valence-corrected chi connectivity index (χ1v) is 8.00. The van der Waals surface area contributed by atoms with E-state index < -0.39 is 0 Å². The van der Waals surface area contributed by atoms with Crippen molar-refractivity contribution in [2.24, 2.45) is 5.92 Å². The Kier molecular flexibility index (Phi) is 6.10. The van der Waals surface area contributed by atoms with Gasteiger partial charge in [-0.2, -0.15) is 0 Å². The van der Waals surface area contributed by atoms with Gasteiger partial charge in [0.1, 0.15) is 12.4 Å². The van der Waals surface area contributed by atoms with Crippen LogP contribution in [0.2, 0.25) is 0 Å². The lowest BCUT2D eigenvalue weighted by Gasteiger charge is -2.33. The molecule has 0 aromatic heterocycles. The van der Waals surface area contributed by atoms with Crippen molar-refractivity contribution in [1.29, 1.82) is 0 Å². The molecule has 2 amide bonds. The zero-order chi connectivity index (χ0) is 16.8. The number of rotatable bonds is 6. The molecule has 23 heavy (non-hydrogen) atoms. The molecule has 0 bridgehead atoms. The minimum absolute atomic E-state index is 0.00780. The number of halogens is 1. The smallest absolute Gasteiger partial charge is 0.253 e. The van der Waals surface area contributed by atoms with E-state index >= 15 is 0 Å². The maximum absolute atomic E-state index is 13.0. The third-order valence-electron chi connectivity index (χ3n) is 4.13. The molecule has 1 N–H and O–H groups in total. The van der Waals surface area contributed by atoms with E-state index in [-0.39, 0.29) is 36.3 Å². The summed E-state index contributed by atoms with van der Waals surface area (Å²) in [6.45, 7) is 4.64. The van der Waals surface area contributed by atoms with Crippen LogP contribution in [0.5, 0.6) is 0 Å². The normalized spacial score (nSPS) is 18.3. The van der Waals surface area contributed by atoms with Gasteiger partial charge in [-0.1, -0.05) is 13.8 Å². The fourth-order valence-electron chi connectivity index (χ4n) is 2.64. The Balaban J connectivity index is 1.94. The first kappa shape index (κ1) is 17.4. The maximum atomic E-state index is 13.0. The molecule has 0 aliphatic carbocycles. The number of hydrogen-bond acceptors (Lipinski definition) is 3. The van der Waals surface area contributed by atoms with Crippen molar-refractivity contribution in [3.05, 3.63) is 30.1 Å². The average molecular weight is 322 g/mol. The van der Waals surface area contributed by atoms with Crippen LogP contribution in [0.1, 0.15) is 26.7 Å². The first-order valence-electron chi connectivity index (χ1n) is 8.00. The highest BCUT2D eigenvalue weighted by atomic mass is 19.1. The molecule has 6 heteroatoms. The topological polar surface area (TPSA) is 58.6 Å². The van der Waals surface area contributed by atoms with E-state index in [4.69, 9.17) is 4.74 Å². The highest BCUT2D eigenvalue weighted by Crippen LogP contribution is 2.19. The second-order valence-corrected chi connectivity index (χ2v) is 5.67. The van der Waals surface area contributed by atoms with Crippen LogP contribution in [-0.4, -0.2) is 37.6 Å². The molecule has 1 heterocycles. The van der Waals surface area contributed by atoms with Gasteiger partial charge < -0.3 is 15.0 Å². The van der Waals surface area contributed by atoms with E-state index in [2.05, 4.69) is 5.32 Å². The molecule has 0 spiro atoms. The van der Waals surface area contributed by atoms with Crippen molar-refractivity contribution in [2.45, 2.75) is 32.8 Å². The van der Waals surface area contributed by atoms with Crippen molar-refractivity contribution in [3.8, 4) is 0 Å². The minimum Gasteiger partial charge on any atom is -0.365 e. The van der Waals surface area contributed by atoms with E-state index in [1.165, 1.54) is 12.1 Å². The van der Waals surface area contributed by atoms with Crippen LogP contribution in [-0.2, 0) is 14.3 Å². The summed E-state index contributed by atoms with van der Waals surface area (Å²) in [5.74, 6) is -0.486. The molecule has 126 valence electrons. The Morgan fingerprint density at radius 1 is 1.35 bits per heavy atom. The molecular weight excluding hydrogens is 299 g/mol. The fourth-order valence-corrected chi connectivity index (χ4v) is 2.64. The van der Waals surface area contributed by atoms with Gasteiger partial charge in [0.25, 0.3) is 5.91 Å². The van der Waals surface area contributed by atoms with Crippen LogP contribution in [0.4, 0.5) is 10.1 Å². The van der Waals surface area contributed by atoms with Crippen LogP contribution in [0.25, 0.3) is 0 Å². The molecule has 1 unspecified atom stereocenters. The Bertz CT molecular complexity index is 543. The summed E-state index contributed by atoms with van der Waals surface area (Å²) in [4.78, 5) is 25.6. The largest absolute Gasteiger partial charge is 0.365 e. The third kappa shape index (κ3) is 4.51. The second-order valence-electron chi connectivity index (χ2n) is 5.67. The summed E-state index contributed by atoms with van der Waals surface area (Å²) in [5, 5.41) is 2.89. The lowest BCUT2D eigenvalue weighted by Crippen LogP contribution is -2.51. The van der Waals surface area contributed by atoms with Gasteiger partial charge in [0, 0.05) is 18.2 Å². The lowest BCUT2D eigenvalue weighted by molar-refractivity contribution is -0.130. The SMILES string of the molecule is CCC(CC)C(=O)NCC1CN(c2ccc(F)cc2)C(=O)CO1. The van der Waals surface area contributed by atoms with Gasteiger partial charge in [0.2, 0.25) is 5.91 Å². The molecule has 1 aromatic carbocycles. The average Bonchev–Trinajstić information content (AvgIpc) is 2.56. The molecule has 1 fully saturated rings. The van der Waals surface area contributed by atoms with E-state index in [0.29, 0.717) is 18.8 Å². The Morgan fingerprint density at radius 3 is 2.61 bits per heavy atom. The van der Waals surface area contributed by atoms with E-state index in [0.717, 1.165) is 12.8 Å². The minimum atomic E-state index is -0.344. The van der Waals surface area contributed by atoms with Crippen molar-refractivity contribution < 1.29 is 18.7 Å². The number of carbonyl (C=O) groups excluding carboxylic acids is 2. The molecule has 1 aliphatic heterocycles. The van der Waals surface area contributed by atoms with Gasteiger partial charge in [-0.25, -0.2) is 4.39 Å². The Morgan fingerprint density at radius 2 is 2.00 bits per heavy atom. The number of anilines is 1. The van der Waals surface area contributed by atoms with E-state index in [1.807, 2.05) is 13.8 Å². The number of nitrogens with zero attached hydrogens (tertiary/aromatic N) is 1. The first-order chi connectivity index (χ1) is 11.0. The quantitative estimate of drug-likeness (QED) is 0.873. The van der Waals surface area contributed by atoms with Crippen molar-refractivity contribution in [3.63, 3.8) is 0 Å². The molecule has 2 rings (SSSR count). The summed E-state index contributed by atoms with van der Waals surface area (Å²) in [7, 11) is 0. The van der Waals surface area contributed by atoms with Crippen LogP contribution < -0.4 is 10.2 Å². The van der Waals surface area contributed by atoms with E-state index in [1.54, 1.807) is 17.0 Å². The third-order valence-corrected chi connectivity index (χ3v) is 4.13. The number of carbonyl (C=O) groups is 2. The second kappa shape index (κ2) is 8.06. The number of ether oxygens (including phenoxy) is 1. The summed E-state index contributed by atoms with van der Waals surface area (Å²) < 4.78 is 18.5. The molecule has 0 radical (unpaired) electrons. The lowest BCUT2D eigenvalue weighted by atomic mass is 10.0. The van der Waals surface area contributed by atoms with E-state index in [9.17, 15) is 14.0 Å². The number of nitrogens with one attached hydrogen (secondary N) is 1. The van der Waals surface area contributed by atoms with Crippen LogP contribution in [0.3, 0.4) is 0 Å². The molecule has 1 atom stereocenters. The zero-order valence-electron chi connectivity index (χ0n) is 13.5. The molecule has 1 aliphatic rings. The summed E-state index contributed by atoms with van der Waals surface area (Å²) in [6.07, 6.45) is 1.33. The highest BCUT2D eigenvalue weighted by Gasteiger charge is 2.28. The standard InChI is InChI=1S/C17H23FN2O3/c1-3-12(4-2)17(22)19-9-15-10-20(16(21)11-23-15)14-7-5-13(18)6-8-14/h5-8,12,15H,3-4,9-11H2,1-2H3,(H,19,22). The zero-order valence-corrected chi connectivity index (χ0v) is 13.5. The van der Waals surface area contributed by atoms with Crippen molar-refractivity contribution in [2.75, 3.05) is 24.6 Å². The predicted octanol–water partition coefficient (Wildman–Crippen LogP) is 2.11. The highest BCUT2D eigenvalue weighted by molar-refractivity contribution is 5.95. The van der Waals surface area contributed by atoms with Crippen LogP contribution in [0, 0.1) is 11.7 Å². The van der Waals surface area contributed by atoms with Gasteiger partial charge >= 0.3 is 0 Å². The monoisotopic (exact) mass is 322 g/mol. The number of amides is 2. The Labute approximate surface area is 135 Å². The number of benzene rings is 1. The fraction of sp³-hybridized carbons (Fsp3) is 0.529.